The van der Waals surface area contributed by atoms with Crippen molar-refractivity contribution in [2.75, 3.05) is 27.2 Å². The fourth-order valence-corrected chi connectivity index (χ4v) is 3.88. The Balaban J connectivity index is 2.05. The van der Waals surface area contributed by atoms with Crippen molar-refractivity contribution in [1.29, 1.82) is 0 Å². The summed E-state index contributed by atoms with van der Waals surface area (Å²) in [5.41, 5.74) is 1.26. The van der Waals surface area contributed by atoms with Crippen molar-refractivity contribution in [3.63, 3.8) is 0 Å². The van der Waals surface area contributed by atoms with Gasteiger partial charge in [0.15, 0.2) is 0 Å². The van der Waals surface area contributed by atoms with Gasteiger partial charge in [0, 0.05) is 18.7 Å². The van der Waals surface area contributed by atoms with Gasteiger partial charge in [-0.15, -0.1) is 0 Å². The third-order valence-corrected chi connectivity index (χ3v) is 5.40. The lowest BCUT2D eigenvalue weighted by Gasteiger charge is -2.26. The highest BCUT2D eigenvalue weighted by Crippen LogP contribution is 2.40. The second-order valence-electron chi connectivity index (χ2n) is 9.22. The Morgan fingerprint density at radius 2 is 1.41 bits per heavy atom. The number of aliphatic hydroxyl groups excluding tert-OH is 1. The van der Waals surface area contributed by atoms with Crippen LogP contribution in [-0.2, 0) is 9.59 Å². The van der Waals surface area contributed by atoms with Crippen molar-refractivity contribution in [3.05, 3.63) is 65.2 Å². The molecular formula is C27H34N2O5. The van der Waals surface area contributed by atoms with Crippen molar-refractivity contribution >= 4 is 17.4 Å². The number of likely N-dealkylation sites (N-methyl/N-ethyl adjacent to an activating group) is 1. The molecule has 2 aromatic rings. The van der Waals surface area contributed by atoms with Gasteiger partial charge in [0.25, 0.3) is 11.7 Å². The summed E-state index contributed by atoms with van der Waals surface area (Å²) in [5, 5.41) is 11.2. The van der Waals surface area contributed by atoms with E-state index in [1.54, 1.807) is 24.3 Å². The third kappa shape index (κ3) is 5.78. The first-order valence-corrected chi connectivity index (χ1v) is 11.5. The predicted molar refractivity (Wildman–Crippen MR) is 132 cm³/mol. The summed E-state index contributed by atoms with van der Waals surface area (Å²) in [6.07, 6.45) is 0.0448. The molecule has 0 bridgehead atoms. The molecule has 34 heavy (non-hydrogen) atoms. The van der Waals surface area contributed by atoms with Gasteiger partial charge in [0.2, 0.25) is 0 Å². The fourth-order valence-electron chi connectivity index (χ4n) is 3.88. The first-order valence-electron chi connectivity index (χ1n) is 11.5. The first-order chi connectivity index (χ1) is 16.1. The van der Waals surface area contributed by atoms with Crippen molar-refractivity contribution in [2.24, 2.45) is 0 Å². The Kier molecular flexibility index (Phi) is 7.99. The van der Waals surface area contributed by atoms with Gasteiger partial charge in [-0.2, -0.15) is 0 Å². The molecule has 0 radical (unpaired) electrons. The van der Waals surface area contributed by atoms with Crippen LogP contribution in [0.5, 0.6) is 11.5 Å². The van der Waals surface area contributed by atoms with E-state index >= 15 is 0 Å². The van der Waals surface area contributed by atoms with Gasteiger partial charge in [-0.25, -0.2) is 0 Å². The van der Waals surface area contributed by atoms with E-state index in [1.165, 1.54) is 4.90 Å². The molecule has 1 amide bonds. The van der Waals surface area contributed by atoms with Crippen molar-refractivity contribution in [3.8, 4) is 11.5 Å². The number of hydrogen-bond acceptors (Lipinski definition) is 6. The highest BCUT2D eigenvalue weighted by atomic mass is 16.5. The Morgan fingerprint density at radius 1 is 0.912 bits per heavy atom. The number of Topliss-reactive ketones (excluding diaryl/α,β-unsaturated/α-hetero) is 1. The maximum absolute atomic E-state index is 13.1. The number of ether oxygens (including phenoxy) is 2. The average Bonchev–Trinajstić information content (AvgIpc) is 3.02. The summed E-state index contributed by atoms with van der Waals surface area (Å²) in [5.74, 6) is -0.142. The Labute approximate surface area is 201 Å². The molecule has 0 saturated carbocycles. The highest BCUT2D eigenvalue weighted by molar-refractivity contribution is 6.46. The number of aliphatic hydroxyl groups is 1. The number of likely N-dealkylation sites (tertiary alicyclic amines) is 1. The molecule has 0 aliphatic carbocycles. The Morgan fingerprint density at radius 3 is 1.88 bits per heavy atom. The van der Waals surface area contributed by atoms with E-state index in [0.29, 0.717) is 30.2 Å². The van der Waals surface area contributed by atoms with Crippen LogP contribution in [0.1, 0.15) is 44.9 Å². The molecule has 3 rings (SSSR count). The maximum Gasteiger partial charge on any atom is 0.295 e. The van der Waals surface area contributed by atoms with Crippen LogP contribution >= 0.6 is 0 Å². The zero-order valence-corrected chi connectivity index (χ0v) is 20.7. The quantitative estimate of drug-likeness (QED) is 0.338. The number of nitrogens with zero attached hydrogens (tertiary/aromatic N) is 2. The maximum atomic E-state index is 13.1. The summed E-state index contributed by atoms with van der Waals surface area (Å²) in [4.78, 5) is 29.6. The van der Waals surface area contributed by atoms with E-state index in [-0.39, 0.29) is 23.5 Å². The molecule has 7 heteroatoms. The Bertz CT molecular complexity index is 1040. The number of ketones is 1. The summed E-state index contributed by atoms with van der Waals surface area (Å²) >= 11 is 0. The lowest BCUT2D eigenvalue weighted by Crippen LogP contribution is -2.35. The average molecular weight is 467 g/mol. The third-order valence-electron chi connectivity index (χ3n) is 5.40. The SMILES string of the molecule is CC(C)Oc1ccc(/C(O)=C2/C(=O)C(=O)N(CCN(C)C)C2c2ccc(OC(C)C)cc2)cc1. The number of carbonyl (C=O) groups excluding carboxylic acids is 2. The molecule has 0 aromatic heterocycles. The van der Waals surface area contributed by atoms with Gasteiger partial charge in [-0.3, -0.25) is 9.59 Å². The van der Waals surface area contributed by atoms with Gasteiger partial charge >= 0.3 is 0 Å². The number of amides is 1. The summed E-state index contributed by atoms with van der Waals surface area (Å²) in [6, 6.07) is 13.5. The summed E-state index contributed by atoms with van der Waals surface area (Å²) in [6.45, 7) is 8.69. The van der Waals surface area contributed by atoms with Gasteiger partial charge in [0.05, 0.1) is 23.8 Å². The smallest absolute Gasteiger partial charge is 0.295 e. The van der Waals surface area contributed by atoms with Gasteiger partial charge in [-0.1, -0.05) is 12.1 Å². The van der Waals surface area contributed by atoms with Crippen LogP contribution < -0.4 is 9.47 Å². The normalized spacial score (nSPS) is 17.8. The van der Waals surface area contributed by atoms with Crippen LogP contribution in [0.2, 0.25) is 0 Å². The molecule has 1 atom stereocenters. The zero-order valence-electron chi connectivity index (χ0n) is 20.7. The Hall–Kier alpha value is -3.32. The van der Waals surface area contributed by atoms with Crippen LogP contribution in [-0.4, -0.2) is 66.0 Å². The second kappa shape index (κ2) is 10.7. The lowest BCUT2D eigenvalue weighted by atomic mass is 9.95. The zero-order chi connectivity index (χ0) is 25.0. The molecule has 1 fully saturated rings. The van der Waals surface area contributed by atoms with Gasteiger partial charge in [-0.05, 0) is 83.8 Å². The van der Waals surface area contributed by atoms with E-state index in [0.717, 1.165) is 5.56 Å². The van der Waals surface area contributed by atoms with Crippen molar-refractivity contribution in [2.45, 2.75) is 45.9 Å². The number of carbonyl (C=O) groups is 2. The minimum Gasteiger partial charge on any atom is -0.507 e. The van der Waals surface area contributed by atoms with E-state index in [1.807, 2.05) is 71.0 Å². The van der Waals surface area contributed by atoms with Crippen molar-refractivity contribution < 1.29 is 24.2 Å². The van der Waals surface area contributed by atoms with Crippen LogP contribution in [0.15, 0.2) is 54.1 Å². The molecule has 0 spiro atoms. The summed E-state index contributed by atoms with van der Waals surface area (Å²) < 4.78 is 11.4. The number of benzene rings is 2. The standard InChI is InChI=1S/C27H34N2O5/c1-17(2)33-21-11-7-19(8-12-21)24-23(26(31)27(32)29(24)16-15-28(5)6)25(30)20-9-13-22(14-10-20)34-18(3)4/h7-14,17-18,24,30H,15-16H2,1-6H3/b25-23-. The molecular weight excluding hydrogens is 432 g/mol. The molecule has 1 aliphatic heterocycles. The largest absolute Gasteiger partial charge is 0.507 e. The molecule has 1 saturated heterocycles. The van der Waals surface area contributed by atoms with E-state index in [2.05, 4.69) is 0 Å². The lowest BCUT2D eigenvalue weighted by molar-refractivity contribution is -0.140. The fraction of sp³-hybridized carbons (Fsp3) is 0.407. The first kappa shape index (κ1) is 25.3. The number of hydrogen-bond donors (Lipinski definition) is 1. The van der Waals surface area contributed by atoms with Crippen LogP contribution in [0.4, 0.5) is 0 Å². The predicted octanol–water partition coefficient (Wildman–Crippen LogP) is 4.24. The minimum atomic E-state index is -0.695. The minimum absolute atomic E-state index is 0.0177. The highest BCUT2D eigenvalue weighted by Gasteiger charge is 2.45. The van der Waals surface area contributed by atoms with Crippen LogP contribution in [0, 0.1) is 0 Å². The van der Waals surface area contributed by atoms with Crippen molar-refractivity contribution in [1.82, 2.24) is 9.80 Å². The van der Waals surface area contributed by atoms with Crippen LogP contribution in [0.3, 0.4) is 0 Å². The molecule has 1 N–H and O–H groups in total. The summed E-state index contributed by atoms with van der Waals surface area (Å²) in [7, 11) is 3.81. The number of rotatable bonds is 9. The van der Waals surface area contributed by atoms with E-state index in [4.69, 9.17) is 9.47 Å². The molecule has 1 unspecified atom stereocenters. The molecule has 182 valence electrons. The molecule has 2 aromatic carbocycles. The van der Waals surface area contributed by atoms with Gasteiger partial charge < -0.3 is 24.4 Å². The van der Waals surface area contributed by atoms with Crippen LogP contribution in [0.25, 0.3) is 5.76 Å². The molecule has 1 heterocycles. The van der Waals surface area contributed by atoms with E-state index < -0.39 is 17.7 Å². The monoisotopic (exact) mass is 466 g/mol. The topological polar surface area (TPSA) is 79.3 Å². The second-order valence-corrected chi connectivity index (χ2v) is 9.22. The molecule has 1 aliphatic rings. The van der Waals surface area contributed by atoms with Gasteiger partial charge in [0.1, 0.15) is 17.3 Å². The van der Waals surface area contributed by atoms with E-state index in [9.17, 15) is 14.7 Å². The molecule has 7 nitrogen and oxygen atoms in total.